The number of carboxylic acids is 1. The summed E-state index contributed by atoms with van der Waals surface area (Å²) in [5.41, 5.74) is 2.42. The van der Waals surface area contributed by atoms with Gasteiger partial charge in [0, 0.05) is 18.8 Å². The number of aliphatic hydroxyl groups excluding tert-OH is 1. The third-order valence-corrected chi connectivity index (χ3v) is 3.50. The first-order valence-electron chi connectivity index (χ1n) is 6.28. The maximum absolute atomic E-state index is 11.0. The van der Waals surface area contributed by atoms with Crippen LogP contribution in [0.2, 0.25) is 0 Å². The number of benzene rings is 1. The zero-order chi connectivity index (χ0) is 13.3. The van der Waals surface area contributed by atoms with Crippen LogP contribution in [0.25, 0.3) is 0 Å². The van der Waals surface area contributed by atoms with Gasteiger partial charge in [0.25, 0.3) is 0 Å². The zero-order valence-corrected chi connectivity index (χ0v) is 10.8. The molecular formula is C14H19NO3. The van der Waals surface area contributed by atoms with Crippen LogP contribution in [0.5, 0.6) is 0 Å². The minimum absolute atomic E-state index is 0.205. The normalized spacial score (nSPS) is 15.9. The quantitative estimate of drug-likeness (QED) is 0.853. The fourth-order valence-electron chi connectivity index (χ4n) is 2.20. The summed E-state index contributed by atoms with van der Waals surface area (Å²) in [5.74, 6) is -0.703. The Morgan fingerprint density at radius 3 is 2.78 bits per heavy atom. The van der Waals surface area contributed by atoms with Gasteiger partial charge in [0.15, 0.2) is 0 Å². The summed E-state index contributed by atoms with van der Waals surface area (Å²) in [6.07, 6.45) is 0.532. The van der Waals surface area contributed by atoms with Crippen molar-refractivity contribution in [3.05, 3.63) is 29.3 Å². The SMILES string of the molecule is CC(C)C(O)CN1CCc2ccc(C(=O)O)cc21. The molecule has 4 nitrogen and oxygen atoms in total. The molecule has 1 atom stereocenters. The Kier molecular flexibility index (Phi) is 3.57. The summed E-state index contributed by atoms with van der Waals surface area (Å²) < 4.78 is 0. The Bertz CT molecular complexity index is 456. The maximum atomic E-state index is 11.0. The van der Waals surface area contributed by atoms with Gasteiger partial charge in [0.05, 0.1) is 11.7 Å². The molecule has 98 valence electrons. The number of carbonyl (C=O) groups is 1. The third-order valence-electron chi connectivity index (χ3n) is 3.50. The van der Waals surface area contributed by atoms with Crippen molar-refractivity contribution in [2.75, 3.05) is 18.0 Å². The number of fused-ring (bicyclic) bond motifs is 1. The van der Waals surface area contributed by atoms with E-state index in [9.17, 15) is 9.90 Å². The van der Waals surface area contributed by atoms with Gasteiger partial charge in [-0.1, -0.05) is 19.9 Å². The summed E-state index contributed by atoms with van der Waals surface area (Å²) in [6, 6.07) is 5.22. The second-order valence-corrected chi connectivity index (χ2v) is 5.16. The summed E-state index contributed by atoms with van der Waals surface area (Å²) in [7, 11) is 0. The van der Waals surface area contributed by atoms with Crippen molar-refractivity contribution in [3.8, 4) is 0 Å². The number of carboxylic acid groups (broad SMARTS) is 1. The van der Waals surface area contributed by atoms with Crippen LogP contribution in [0.1, 0.15) is 29.8 Å². The van der Waals surface area contributed by atoms with Gasteiger partial charge in [0.2, 0.25) is 0 Å². The largest absolute Gasteiger partial charge is 0.478 e. The van der Waals surface area contributed by atoms with Crippen LogP contribution in [-0.4, -0.2) is 35.4 Å². The van der Waals surface area contributed by atoms with Crippen molar-refractivity contribution >= 4 is 11.7 Å². The van der Waals surface area contributed by atoms with Crippen molar-refractivity contribution in [1.29, 1.82) is 0 Å². The lowest BCUT2D eigenvalue weighted by Crippen LogP contribution is -2.34. The van der Waals surface area contributed by atoms with E-state index >= 15 is 0 Å². The Morgan fingerprint density at radius 2 is 2.17 bits per heavy atom. The number of hydrogen-bond acceptors (Lipinski definition) is 3. The van der Waals surface area contributed by atoms with Crippen LogP contribution in [0.3, 0.4) is 0 Å². The molecule has 2 rings (SSSR count). The molecule has 0 saturated heterocycles. The van der Waals surface area contributed by atoms with Gasteiger partial charge in [0.1, 0.15) is 0 Å². The molecule has 1 heterocycles. The highest BCUT2D eigenvalue weighted by Gasteiger charge is 2.23. The van der Waals surface area contributed by atoms with E-state index in [4.69, 9.17) is 5.11 Å². The average molecular weight is 249 g/mol. The molecule has 0 amide bonds. The first-order valence-corrected chi connectivity index (χ1v) is 6.28. The van der Waals surface area contributed by atoms with Crippen LogP contribution in [0.4, 0.5) is 5.69 Å². The van der Waals surface area contributed by atoms with Crippen LogP contribution in [0.15, 0.2) is 18.2 Å². The van der Waals surface area contributed by atoms with Crippen LogP contribution < -0.4 is 4.90 Å². The van der Waals surface area contributed by atoms with Gasteiger partial charge < -0.3 is 15.1 Å². The smallest absolute Gasteiger partial charge is 0.335 e. The van der Waals surface area contributed by atoms with E-state index < -0.39 is 5.97 Å². The second-order valence-electron chi connectivity index (χ2n) is 5.16. The number of hydrogen-bond donors (Lipinski definition) is 2. The molecule has 1 unspecified atom stereocenters. The van der Waals surface area contributed by atoms with E-state index in [0.717, 1.165) is 24.2 Å². The Labute approximate surface area is 107 Å². The zero-order valence-electron chi connectivity index (χ0n) is 10.8. The van der Waals surface area contributed by atoms with Crippen molar-refractivity contribution in [3.63, 3.8) is 0 Å². The molecule has 0 aromatic heterocycles. The Morgan fingerprint density at radius 1 is 1.44 bits per heavy atom. The van der Waals surface area contributed by atoms with Crippen molar-refractivity contribution in [2.45, 2.75) is 26.4 Å². The molecular weight excluding hydrogens is 230 g/mol. The number of rotatable bonds is 4. The molecule has 1 aliphatic rings. The summed E-state index contributed by atoms with van der Waals surface area (Å²) in [6.45, 7) is 5.38. The lowest BCUT2D eigenvalue weighted by Gasteiger charge is -2.25. The molecule has 1 aromatic carbocycles. The number of β-amino-alcohol motifs (C(OH)–C–C–N with tert-alkyl or cyclic N) is 1. The highest BCUT2D eigenvalue weighted by atomic mass is 16.4. The molecule has 0 saturated carbocycles. The molecule has 4 heteroatoms. The van der Waals surface area contributed by atoms with Gasteiger partial charge in [-0.15, -0.1) is 0 Å². The average Bonchev–Trinajstić information content (AvgIpc) is 2.71. The Hall–Kier alpha value is -1.55. The lowest BCUT2D eigenvalue weighted by molar-refractivity contribution is 0.0697. The van der Waals surface area contributed by atoms with Gasteiger partial charge >= 0.3 is 5.97 Å². The van der Waals surface area contributed by atoms with Gasteiger partial charge in [-0.3, -0.25) is 0 Å². The van der Waals surface area contributed by atoms with Crippen LogP contribution in [0, 0.1) is 5.92 Å². The molecule has 2 N–H and O–H groups in total. The van der Waals surface area contributed by atoms with E-state index in [1.54, 1.807) is 12.1 Å². The van der Waals surface area contributed by atoms with Crippen LogP contribution >= 0.6 is 0 Å². The fourth-order valence-corrected chi connectivity index (χ4v) is 2.20. The lowest BCUT2D eigenvalue weighted by atomic mass is 10.1. The molecule has 1 aromatic rings. The topological polar surface area (TPSA) is 60.8 Å². The first-order chi connectivity index (χ1) is 8.49. The number of nitrogens with zero attached hydrogens (tertiary/aromatic N) is 1. The van der Waals surface area contributed by atoms with Crippen molar-refractivity contribution in [1.82, 2.24) is 0 Å². The third kappa shape index (κ3) is 2.48. The fraction of sp³-hybridized carbons (Fsp3) is 0.500. The molecule has 1 aliphatic heterocycles. The van der Waals surface area contributed by atoms with E-state index in [2.05, 4.69) is 4.90 Å². The highest BCUT2D eigenvalue weighted by molar-refractivity contribution is 5.89. The summed E-state index contributed by atoms with van der Waals surface area (Å²) in [4.78, 5) is 13.0. The minimum Gasteiger partial charge on any atom is -0.478 e. The minimum atomic E-state index is -0.908. The molecule has 0 aliphatic carbocycles. The van der Waals surface area contributed by atoms with E-state index in [0.29, 0.717) is 12.1 Å². The number of aliphatic hydroxyl groups is 1. The first kappa shape index (κ1) is 12.9. The monoisotopic (exact) mass is 249 g/mol. The second kappa shape index (κ2) is 4.98. The highest BCUT2D eigenvalue weighted by Crippen LogP contribution is 2.29. The summed E-state index contributed by atoms with van der Waals surface area (Å²) in [5, 5.41) is 18.9. The predicted molar refractivity (Wildman–Crippen MR) is 70.2 cm³/mol. The molecule has 0 spiro atoms. The molecule has 18 heavy (non-hydrogen) atoms. The van der Waals surface area contributed by atoms with E-state index in [1.165, 1.54) is 0 Å². The van der Waals surface area contributed by atoms with E-state index in [-0.39, 0.29) is 12.0 Å². The molecule has 0 radical (unpaired) electrons. The summed E-state index contributed by atoms with van der Waals surface area (Å²) >= 11 is 0. The standard InChI is InChI=1S/C14H19NO3/c1-9(2)13(16)8-15-6-5-10-3-4-11(14(17)18)7-12(10)15/h3-4,7,9,13,16H,5-6,8H2,1-2H3,(H,17,18). The predicted octanol–water partition coefficient (Wildman–Crippen LogP) is 1.76. The van der Waals surface area contributed by atoms with Crippen molar-refractivity contribution < 1.29 is 15.0 Å². The van der Waals surface area contributed by atoms with E-state index in [1.807, 2.05) is 19.9 Å². The van der Waals surface area contributed by atoms with Gasteiger partial charge in [-0.25, -0.2) is 4.79 Å². The Balaban J connectivity index is 2.20. The molecule has 0 fully saturated rings. The van der Waals surface area contributed by atoms with Gasteiger partial charge in [-0.05, 0) is 30.0 Å². The van der Waals surface area contributed by atoms with Crippen LogP contribution in [-0.2, 0) is 6.42 Å². The number of aromatic carboxylic acids is 1. The molecule has 0 bridgehead atoms. The maximum Gasteiger partial charge on any atom is 0.335 e. The van der Waals surface area contributed by atoms with Crippen molar-refractivity contribution in [2.24, 2.45) is 5.92 Å². The number of anilines is 1. The van der Waals surface area contributed by atoms with Gasteiger partial charge in [-0.2, -0.15) is 0 Å².